The molecule has 2 aliphatic carbocycles. The van der Waals surface area contributed by atoms with Crippen molar-refractivity contribution in [3.8, 4) is 17.3 Å². The molecule has 3 fully saturated rings. The zero-order valence-corrected chi connectivity index (χ0v) is 25.7. The Kier molecular flexibility index (Phi) is 6.42. The van der Waals surface area contributed by atoms with Gasteiger partial charge in [-0.3, -0.25) is 4.79 Å². The summed E-state index contributed by atoms with van der Waals surface area (Å²) in [7, 11) is 3.71. The van der Waals surface area contributed by atoms with Gasteiger partial charge in [-0.2, -0.15) is 0 Å². The number of aryl methyl sites for hydroxylation is 2. The second kappa shape index (κ2) is 10.4. The number of aromatic nitrogens is 3. The monoisotopic (exact) mass is 585 g/mol. The van der Waals surface area contributed by atoms with Gasteiger partial charge in [0.2, 0.25) is 0 Å². The van der Waals surface area contributed by atoms with E-state index in [9.17, 15) is 4.79 Å². The van der Waals surface area contributed by atoms with E-state index < -0.39 is 0 Å². The van der Waals surface area contributed by atoms with Crippen molar-refractivity contribution < 1.29 is 9.53 Å². The smallest absolute Gasteiger partial charge is 0.254 e. The highest BCUT2D eigenvalue weighted by Gasteiger charge is 2.47. The normalized spacial score (nSPS) is 21.4. The number of benzene rings is 3. The lowest BCUT2D eigenvalue weighted by Crippen LogP contribution is -2.41. The summed E-state index contributed by atoms with van der Waals surface area (Å²) in [6, 6.07) is 21.6. The summed E-state index contributed by atoms with van der Waals surface area (Å²) in [4.78, 5) is 20.9. The van der Waals surface area contributed by atoms with Crippen molar-refractivity contribution >= 4 is 40.0 Å². The van der Waals surface area contributed by atoms with E-state index in [1.54, 1.807) is 7.11 Å². The van der Waals surface area contributed by atoms with Crippen LogP contribution in [0.25, 0.3) is 45.6 Å². The maximum absolute atomic E-state index is 13.7. The Morgan fingerprint density at radius 2 is 1.77 bits per heavy atom. The minimum Gasteiger partial charge on any atom is -0.494 e. The fourth-order valence-corrected chi connectivity index (χ4v) is 7.47. The van der Waals surface area contributed by atoms with Gasteiger partial charge in [-0.15, -0.1) is 0 Å². The standard InChI is InChI=1S/C37H39N5O2/c1-22-4-6-23(7-5-22)8-9-24-12-14-30-27(16-24)18-32(41(30)20-25-10-11-25)36-39-29-17-28(19-33(44-3)35(29)40(36)2)37(43)42-21-26-13-15-31(42)34(26)38/h4-9,12,14,16-19,25-26,31,34H,10-11,13,15,20-21,38H2,1-3H3/b9-8+/t26-,31?,34+/m1/s1. The van der Waals surface area contributed by atoms with Gasteiger partial charge in [0.05, 0.1) is 18.3 Å². The maximum Gasteiger partial charge on any atom is 0.254 e. The van der Waals surface area contributed by atoms with Crippen molar-refractivity contribution in [2.75, 3.05) is 13.7 Å². The molecule has 2 bridgehead atoms. The van der Waals surface area contributed by atoms with E-state index in [0.29, 0.717) is 23.1 Å². The van der Waals surface area contributed by atoms with Gasteiger partial charge in [0.25, 0.3) is 5.91 Å². The molecule has 3 heterocycles. The lowest BCUT2D eigenvalue weighted by Gasteiger charge is -2.27. The van der Waals surface area contributed by atoms with Gasteiger partial charge in [-0.05, 0) is 85.9 Å². The highest BCUT2D eigenvalue weighted by molar-refractivity contribution is 6.00. The van der Waals surface area contributed by atoms with Crippen LogP contribution in [0.5, 0.6) is 5.75 Å². The van der Waals surface area contributed by atoms with E-state index in [2.05, 4.69) is 76.7 Å². The molecule has 44 heavy (non-hydrogen) atoms. The Morgan fingerprint density at radius 3 is 2.48 bits per heavy atom. The number of carbonyl (C=O) groups excluding carboxylic acids is 1. The van der Waals surface area contributed by atoms with Gasteiger partial charge in [-0.25, -0.2) is 4.98 Å². The molecule has 0 spiro atoms. The SMILES string of the molecule is COc1cc(C(=O)N2C[C@H]3CCC2[C@H]3N)cc2nc(-c3cc4cc(/C=C/c5ccc(C)cc5)ccc4n3CC3CC3)n(C)c12. The van der Waals surface area contributed by atoms with Crippen LogP contribution in [0.15, 0.2) is 60.7 Å². The summed E-state index contributed by atoms with van der Waals surface area (Å²) in [6.07, 6.45) is 8.97. The number of nitrogens with zero attached hydrogens (tertiary/aromatic N) is 4. The number of hydrogen-bond acceptors (Lipinski definition) is 4. The van der Waals surface area contributed by atoms with Crippen molar-refractivity contribution in [2.24, 2.45) is 24.6 Å². The molecule has 2 N–H and O–H groups in total. The van der Waals surface area contributed by atoms with E-state index in [1.807, 2.05) is 24.1 Å². The first-order valence-corrected chi connectivity index (χ1v) is 15.9. The van der Waals surface area contributed by atoms with Crippen LogP contribution in [-0.2, 0) is 13.6 Å². The topological polar surface area (TPSA) is 78.3 Å². The number of methoxy groups -OCH3 is 1. The molecule has 8 rings (SSSR count). The Bertz CT molecular complexity index is 1940. The summed E-state index contributed by atoms with van der Waals surface area (Å²) in [5.41, 5.74) is 14.6. The number of carbonyl (C=O) groups is 1. The first kappa shape index (κ1) is 27.2. The largest absolute Gasteiger partial charge is 0.494 e. The zero-order chi connectivity index (χ0) is 30.1. The second-order valence-electron chi connectivity index (χ2n) is 13.1. The molecule has 5 aromatic rings. The van der Waals surface area contributed by atoms with Crippen LogP contribution in [0.4, 0.5) is 0 Å². The van der Waals surface area contributed by atoms with Gasteiger partial charge >= 0.3 is 0 Å². The Morgan fingerprint density at radius 1 is 1.00 bits per heavy atom. The second-order valence-corrected chi connectivity index (χ2v) is 13.1. The third-order valence-electron chi connectivity index (χ3n) is 10.2. The van der Waals surface area contributed by atoms with E-state index in [1.165, 1.54) is 40.4 Å². The number of likely N-dealkylation sites (tertiary alicyclic amines) is 1. The van der Waals surface area contributed by atoms with E-state index >= 15 is 0 Å². The number of fused-ring (bicyclic) bond motifs is 4. The molecule has 1 unspecified atom stereocenters. The predicted molar refractivity (Wildman–Crippen MR) is 177 cm³/mol. The molecule has 2 saturated carbocycles. The summed E-state index contributed by atoms with van der Waals surface area (Å²) >= 11 is 0. The van der Waals surface area contributed by atoms with Crippen molar-refractivity contribution in [3.63, 3.8) is 0 Å². The van der Waals surface area contributed by atoms with Crippen LogP contribution in [-0.4, -0.2) is 50.7 Å². The molecule has 3 aliphatic rings. The Hall–Kier alpha value is -4.36. The number of ether oxygens (including phenoxy) is 1. The molecule has 3 atom stereocenters. The molecule has 3 aromatic carbocycles. The van der Waals surface area contributed by atoms with Gasteiger partial charge < -0.3 is 24.5 Å². The highest BCUT2D eigenvalue weighted by atomic mass is 16.5. The van der Waals surface area contributed by atoms with Crippen LogP contribution < -0.4 is 10.5 Å². The van der Waals surface area contributed by atoms with Gasteiger partial charge in [0, 0.05) is 48.7 Å². The number of rotatable bonds is 7. The lowest BCUT2D eigenvalue weighted by atomic mass is 10.1. The number of amides is 1. The van der Waals surface area contributed by atoms with Crippen molar-refractivity contribution in [3.05, 3.63) is 82.9 Å². The Labute approximate surface area is 257 Å². The van der Waals surface area contributed by atoms with Crippen LogP contribution in [0.2, 0.25) is 0 Å². The third-order valence-corrected chi connectivity index (χ3v) is 10.2. The minimum atomic E-state index is 0.0223. The predicted octanol–water partition coefficient (Wildman–Crippen LogP) is 6.65. The van der Waals surface area contributed by atoms with Crippen LogP contribution in [0.3, 0.4) is 0 Å². The molecule has 1 amide bonds. The fourth-order valence-electron chi connectivity index (χ4n) is 7.47. The third kappa shape index (κ3) is 4.53. The summed E-state index contributed by atoms with van der Waals surface area (Å²) in [5, 5.41) is 1.20. The molecule has 224 valence electrons. The number of piperidine rings is 1. The number of nitrogens with two attached hydrogens (primary N) is 1. The summed E-state index contributed by atoms with van der Waals surface area (Å²) < 4.78 is 10.4. The zero-order valence-electron chi connectivity index (χ0n) is 25.7. The van der Waals surface area contributed by atoms with Crippen molar-refractivity contribution in [2.45, 2.75) is 51.2 Å². The van der Waals surface area contributed by atoms with Gasteiger partial charge in [0.1, 0.15) is 11.3 Å². The average molecular weight is 586 g/mol. The van der Waals surface area contributed by atoms with Crippen molar-refractivity contribution in [1.29, 1.82) is 0 Å². The molecular weight excluding hydrogens is 546 g/mol. The van der Waals surface area contributed by atoms with Gasteiger partial charge in [0.15, 0.2) is 5.82 Å². The fraction of sp³-hybridized carbons (Fsp3) is 0.351. The molecule has 1 saturated heterocycles. The molecule has 2 aromatic heterocycles. The van der Waals surface area contributed by atoms with E-state index in [4.69, 9.17) is 15.5 Å². The lowest BCUT2D eigenvalue weighted by molar-refractivity contribution is 0.0700. The summed E-state index contributed by atoms with van der Waals surface area (Å²) in [6.45, 7) is 3.82. The average Bonchev–Trinajstić information content (AvgIpc) is 3.44. The highest BCUT2D eigenvalue weighted by Crippen LogP contribution is 2.40. The minimum absolute atomic E-state index is 0.0223. The summed E-state index contributed by atoms with van der Waals surface area (Å²) in [5.74, 6) is 2.66. The quantitative estimate of drug-likeness (QED) is 0.217. The first-order chi connectivity index (χ1) is 21.4. The Balaban J connectivity index is 1.19. The number of imidazole rings is 1. The number of hydrogen-bond donors (Lipinski definition) is 1. The van der Waals surface area contributed by atoms with Crippen LogP contribution >= 0.6 is 0 Å². The molecule has 1 aliphatic heterocycles. The maximum atomic E-state index is 13.7. The van der Waals surface area contributed by atoms with Crippen LogP contribution in [0.1, 0.15) is 52.7 Å². The van der Waals surface area contributed by atoms with Crippen molar-refractivity contribution in [1.82, 2.24) is 19.0 Å². The van der Waals surface area contributed by atoms with Gasteiger partial charge in [-0.1, -0.05) is 48.0 Å². The first-order valence-electron chi connectivity index (χ1n) is 15.9. The van der Waals surface area contributed by atoms with E-state index in [-0.39, 0.29) is 18.0 Å². The van der Waals surface area contributed by atoms with Crippen LogP contribution in [0, 0.1) is 18.8 Å². The van der Waals surface area contributed by atoms with E-state index in [0.717, 1.165) is 48.5 Å². The molecule has 7 heteroatoms. The molecule has 7 nitrogen and oxygen atoms in total. The molecular formula is C37H39N5O2. The molecule has 0 radical (unpaired) electrons.